The first-order chi connectivity index (χ1) is 6.30. The van der Waals surface area contributed by atoms with Crippen LogP contribution >= 0.6 is 23.2 Å². The largest absolute Gasteiger partial charge is 0.381 e. The molecule has 5 heteroatoms. The standard InChI is InChI=1S/C9H8Cl2F2O/c1-5-2-6(4-7(10)3-5)8(14)9(11,12)13/h2-4,8,14H,1H3. The van der Waals surface area contributed by atoms with Gasteiger partial charge in [0.2, 0.25) is 0 Å². The zero-order chi connectivity index (χ0) is 10.9. The molecule has 14 heavy (non-hydrogen) atoms. The highest BCUT2D eigenvalue weighted by Crippen LogP contribution is 2.35. The van der Waals surface area contributed by atoms with Gasteiger partial charge in [0, 0.05) is 5.02 Å². The van der Waals surface area contributed by atoms with E-state index in [1.807, 2.05) is 0 Å². The van der Waals surface area contributed by atoms with Gasteiger partial charge in [-0.05, 0) is 41.8 Å². The second-order valence-electron chi connectivity index (χ2n) is 3.01. The molecule has 0 aliphatic rings. The van der Waals surface area contributed by atoms with E-state index in [-0.39, 0.29) is 5.56 Å². The number of aliphatic hydroxyl groups is 1. The minimum atomic E-state index is -3.68. The van der Waals surface area contributed by atoms with Crippen molar-refractivity contribution in [2.75, 3.05) is 0 Å². The van der Waals surface area contributed by atoms with E-state index in [0.717, 1.165) is 0 Å². The molecule has 0 bridgehead atoms. The van der Waals surface area contributed by atoms with Crippen molar-refractivity contribution in [1.82, 2.24) is 0 Å². The first-order valence-corrected chi connectivity index (χ1v) is 4.58. The van der Waals surface area contributed by atoms with Gasteiger partial charge < -0.3 is 5.11 Å². The molecule has 1 nitrogen and oxygen atoms in total. The number of halogens is 4. The first-order valence-electron chi connectivity index (χ1n) is 3.82. The number of rotatable bonds is 2. The molecule has 0 fully saturated rings. The third-order valence-corrected chi connectivity index (χ3v) is 2.12. The molecular formula is C9H8Cl2F2O. The molecule has 0 spiro atoms. The number of benzene rings is 1. The molecule has 0 aliphatic carbocycles. The minimum absolute atomic E-state index is 0.00926. The Morgan fingerprint density at radius 2 is 1.93 bits per heavy atom. The highest BCUT2D eigenvalue weighted by Gasteiger charge is 2.36. The summed E-state index contributed by atoms with van der Waals surface area (Å²) in [6.07, 6.45) is -2.04. The van der Waals surface area contributed by atoms with Crippen molar-refractivity contribution in [3.63, 3.8) is 0 Å². The summed E-state index contributed by atoms with van der Waals surface area (Å²) in [5.41, 5.74) is 0.697. The SMILES string of the molecule is Cc1cc(Cl)cc(C(O)C(F)(F)Cl)c1. The maximum Gasteiger partial charge on any atom is 0.351 e. The second kappa shape index (κ2) is 4.01. The molecular weight excluding hydrogens is 233 g/mol. The number of hydrogen-bond acceptors (Lipinski definition) is 1. The molecule has 1 aromatic carbocycles. The molecule has 0 aliphatic heterocycles. The van der Waals surface area contributed by atoms with Crippen molar-refractivity contribution in [1.29, 1.82) is 0 Å². The van der Waals surface area contributed by atoms with Gasteiger partial charge in [-0.3, -0.25) is 0 Å². The van der Waals surface area contributed by atoms with Gasteiger partial charge in [-0.25, -0.2) is 0 Å². The smallest absolute Gasteiger partial charge is 0.351 e. The average Bonchev–Trinajstić information content (AvgIpc) is 1.99. The summed E-state index contributed by atoms with van der Waals surface area (Å²) in [4.78, 5) is 0. The molecule has 78 valence electrons. The Kier molecular flexibility index (Phi) is 3.35. The second-order valence-corrected chi connectivity index (χ2v) is 3.95. The van der Waals surface area contributed by atoms with E-state index in [0.29, 0.717) is 10.6 Å². The van der Waals surface area contributed by atoms with Crippen molar-refractivity contribution in [2.24, 2.45) is 0 Å². The van der Waals surface area contributed by atoms with Gasteiger partial charge >= 0.3 is 5.38 Å². The molecule has 1 atom stereocenters. The Balaban J connectivity index is 3.07. The van der Waals surface area contributed by atoms with E-state index in [1.54, 1.807) is 13.0 Å². The zero-order valence-electron chi connectivity index (χ0n) is 7.27. The highest BCUT2D eigenvalue weighted by molar-refractivity contribution is 6.30. The summed E-state index contributed by atoms with van der Waals surface area (Å²) >= 11 is 10.3. The Labute approximate surface area is 90.3 Å². The van der Waals surface area contributed by atoms with Crippen molar-refractivity contribution in [3.05, 3.63) is 34.3 Å². The summed E-state index contributed by atoms with van der Waals surface area (Å²) in [6.45, 7) is 1.69. The topological polar surface area (TPSA) is 20.2 Å². The van der Waals surface area contributed by atoms with E-state index < -0.39 is 11.5 Å². The summed E-state index contributed by atoms with van der Waals surface area (Å²) in [6, 6.07) is 4.27. The Bertz CT molecular complexity index is 316. The number of hydrogen-bond donors (Lipinski definition) is 1. The first kappa shape index (κ1) is 11.7. The minimum Gasteiger partial charge on any atom is -0.381 e. The van der Waals surface area contributed by atoms with Crippen LogP contribution in [0.2, 0.25) is 5.02 Å². The predicted molar refractivity (Wildman–Crippen MR) is 51.9 cm³/mol. The van der Waals surface area contributed by atoms with Crippen LogP contribution in [0, 0.1) is 6.92 Å². The summed E-state index contributed by atoms with van der Waals surface area (Å²) < 4.78 is 25.1. The Morgan fingerprint density at radius 1 is 1.36 bits per heavy atom. The van der Waals surface area contributed by atoms with Crippen LogP contribution in [-0.2, 0) is 0 Å². The number of alkyl halides is 3. The lowest BCUT2D eigenvalue weighted by atomic mass is 10.1. The molecule has 1 N–H and O–H groups in total. The average molecular weight is 241 g/mol. The summed E-state index contributed by atoms with van der Waals surface area (Å²) in [5, 5.41) is 5.77. The summed E-state index contributed by atoms with van der Waals surface area (Å²) in [5.74, 6) is 0. The van der Waals surface area contributed by atoms with Crippen LogP contribution in [0.5, 0.6) is 0 Å². The molecule has 0 heterocycles. The van der Waals surface area contributed by atoms with Crippen LogP contribution < -0.4 is 0 Å². The van der Waals surface area contributed by atoms with Gasteiger partial charge in [-0.2, -0.15) is 8.78 Å². The maximum absolute atomic E-state index is 12.5. The van der Waals surface area contributed by atoms with E-state index in [1.165, 1.54) is 12.1 Å². The van der Waals surface area contributed by atoms with Gasteiger partial charge in [-0.1, -0.05) is 17.7 Å². The van der Waals surface area contributed by atoms with Crippen molar-refractivity contribution < 1.29 is 13.9 Å². The van der Waals surface area contributed by atoms with Crippen molar-refractivity contribution in [3.8, 4) is 0 Å². The van der Waals surface area contributed by atoms with Crippen LogP contribution in [0.4, 0.5) is 8.78 Å². The van der Waals surface area contributed by atoms with Crippen molar-refractivity contribution >= 4 is 23.2 Å². The lowest BCUT2D eigenvalue weighted by Gasteiger charge is -2.16. The lowest BCUT2D eigenvalue weighted by Crippen LogP contribution is -2.18. The summed E-state index contributed by atoms with van der Waals surface area (Å²) in [7, 11) is 0. The van der Waals surface area contributed by atoms with E-state index in [4.69, 9.17) is 28.3 Å². The van der Waals surface area contributed by atoms with Crippen LogP contribution in [0.3, 0.4) is 0 Å². The van der Waals surface area contributed by atoms with Crippen LogP contribution in [0.15, 0.2) is 18.2 Å². The van der Waals surface area contributed by atoms with Gasteiger partial charge in [-0.15, -0.1) is 0 Å². The molecule has 0 saturated heterocycles. The highest BCUT2D eigenvalue weighted by atomic mass is 35.5. The molecule has 0 radical (unpaired) electrons. The fourth-order valence-corrected chi connectivity index (χ4v) is 1.54. The number of aryl methyl sites for hydroxylation is 1. The third-order valence-electron chi connectivity index (χ3n) is 1.69. The Hall–Kier alpha value is -0.380. The molecule has 0 aromatic heterocycles. The normalized spacial score (nSPS) is 14.1. The van der Waals surface area contributed by atoms with Crippen LogP contribution in [0.1, 0.15) is 17.2 Å². The third kappa shape index (κ3) is 2.80. The molecule has 0 saturated carbocycles. The van der Waals surface area contributed by atoms with Gasteiger partial charge in [0.15, 0.2) is 6.10 Å². The molecule has 1 rings (SSSR count). The zero-order valence-corrected chi connectivity index (χ0v) is 8.78. The Morgan fingerprint density at radius 3 is 2.36 bits per heavy atom. The van der Waals surface area contributed by atoms with Gasteiger partial charge in [0.05, 0.1) is 0 Å². The van der Waals surface area contributed by atoms with Crippen LogP contribution in [-0.4, -0.2) is 10.5 Å². The van der Waals surface area contributed by atoms with E-state index in [9.17, 15) is 8.78 Å². The monoisotopic (exact) mass is 240 g/mol. The maximum atomic E-state index is 12.5. The van der Waals surface area contributed by atoms with Gasteiger partial charge in [0.25, 0.3) is 0 Å². The van der Waals surface area contributed by atoms with E-state index >= 15 is 0 Å². The number of aliphatic hydroxyl groups excluding tert-OH is 1. The van der Waals surface area contributed by atoms with Crippen LogP contribution in [0.25, 0.3) is 0 Å². The van der Waals surface area contributed by atoms with E-state index in [2.05, 4.69) is 0 Å². The fraction of sp³-hybridized carbons (Fsp3) is 0.333. The molecule has 0 amide bonds. The molecule has 1 unspecified atom stereocenters. The fourth-order valence-electron chi connectivity index (χ4n) is 1.11. The molecule has 1 aromatic rings. The quantitative estimate of drug-likeness (QED) is 0.785. The lowest BCUT2D eigenvalue weighted by molar-refractivity contribution is -0.0424. The van der Waals surface area contributed by atoms with Crippen molar-refractivity contribution in [2.45, 2.75) is 18.4 Å². The van der Waals surface area contributed by atoms with Gasteiger partial charge in [0.1, 0.15) is 0 Å². The predicted octanol–water partition coefficient (Wildman–Crippen LogP) is 3.51.